The van der Waals surface area contributed by atoms with E-state index in [1.165, 1.54) is 0 Å². The Labute approximate surface area is 82.9 Å². The molecule has 0 spiro atoms. The highest BCUT2D eigenvalue weighted by Crippen LogP contribution is 2.28. The van der Waals surface area contributed by atoms with Crippen LogP contribution in [0.2, 0.25) is 0 Å². The van der Waals surface area contributed by atoms with E-state index in [0.29, 0.717) is 0 Å². The van der Waals surface area contributed by atoms with Gasteiger partial charge in [-0.3, -0.25) is 0 Å². The average Bonchev–Trinajstić information content (AvgIpc) is 2.07. The molecule has 0 aliphatic rings. The SMILES string of the molecule is CCCC(O)C(CC)(CC)N(C)C. The van der Waals surface area contributed by atoms with E-state index in [1.807, 2.05) is 0 Å². The van der Waals surface area contributed by atoms with Crippen LogP contribution < -0.4 is 0 Å². The Kier molecular flexibility index (Phi) is 5.57. The summed E-state index contributed by atoms with van der Waals surface area (Å²) in [5, 5.41) is 10.1. The quantitative estimate of drug-likeness (QED) is 0.689. The number of rotatable bonds is 6. The molecule has 80 valence electrons. The van der Waals surface area contributed by atoms with E-state index in [9.17, 15) is 5.11 Å². The standard InChI is InChI=1S/C11H25NO/c1-6-9-10(13)11(7-2,8-3)12(4)5/h10,13H,6-9H2,1-5H3. The van der Waals surface area contributed by atoms with Gasteiger partial charge in [0.15, 0.2) is 0 Å². The van der Waals surface area contributed by atoms with E-state index >= 15 is 0 Å². The smallest absolute Gasteiger partial charge is 0.0723 e. The molecule has 1 N–H and O–H groups in total. The topological polar surface area (TPSA) is 23.5 Å². The fraction of sp³-hybridized carbons (Fsp3) is 1.00. The van der Waals surface area contributed by atoms with Crippen LogP contribution in [0.3, 0.4) is 0 Å². The Bertz CT molecular complexity index is 130. The Morgan fingerprint density at radius 1 is 1.15 bits per heavy atom. The zero-order valence-electron chi connectivity index (χ0n) is 9.80. The number of nitrogens with zero attached hydrogens (tertiary/aromatic N) is 1. The third-order valence-electron chi connectivity index (χ3n) is 3.30. The van der Waals surface area contributed by atoms with Crippen LogP contribution in [0.1, 0.15) is 46.5 Å². The van der Waals surface area contributed by atoms with Gasteiger partial charge in [0.25, 0.3) is 0 Å². The van der Waals surface area contributed by atoms with Crippen molar-refractivity contribution in [3.8, 4) is 0 Å². The van der Waals surface area contributed by atoms with Gasteiger partial charge in [-0.1, -0.05) is 27.2 Å². The fourth-order valence-corrected chi connectivity index (χ4v) is 2.19. The molecule has 0 amide bonds. The van der Waals surface area contributed by atoms with Crippen molar-refractivity contribution in [2.24, 2.45) is 0 Å². The van der Waals surface area contributed by atoms with Crippen LogP contribution in [0.25, 0.3) is 0 Å². The average molecular weight is 187 g/mol. The second kappa shape index (κ2) is 5.61. The molecule has 0 rings (SSSR count). The Hall–Kier alpha value is -0.0800. The normalized spacial score (nSPS) is 15.0. The van der Waals surface area contributed by atoms with Crippen LogP contribution >= 0.6 is 0 Å². The number of aliphatic hydroxyl groups is 1. The molecular formula is C11H25NO. The van der Waals surface area contributed by atoms with Gasteiger partial charge in [-0.05, 0) is 33.4 Å². The van der Waals surface area contributed by atoms with E-state index < -0.39 is 0 Å². The number of likely N-dealkylation sites (N-methyl/N-ethyl adjacent to an activating group) is 1. The molecule has 0 aromatic carbocycles. The molecule has 0 aromatic heterocycles. The molecule has 2 heteroatoms. The largest absolute Gasteiger partial charge is 0.391 e. The summed E-state index contributed by atoms with van der Waals surface area (Å²) in [6, 6.07) is 0. The first-order valence-electron chi connectivity index (χ1n) is 5.40. The maximum absolute atomic E-state index is 10.1. The van der Waals surface area contributed by atoms with Crippen LogP contribution in [0.4, 0.5) is 0 Å². The third kappa shape index (κ3) is 2.68. The lowest BCUT2D eigenvalue weighted by molar-refractivity contribution is -0.0179. The molecule has 0 aliphatic carbocycles. The van der Waals surface area contributed by atoms with Crippen LogP contribution in [0.5, 0.6) is 0 Å². The number of hydrogen-bond donors (Lipinski definition) is 1. The highest BCUT2D eigenvalue weighted by Gasteiger charge is 2.35. The summed E-state index contributed by atoms with van der Waals surface area (Å²) in [5.41, 5.74) is -0.0178. The van der Waals surface area contributed by atoms with Gasteiger partial charge in [-0.15, -0.1) is 0 Å². The van der Waals surface area contributed by atoms with E-state index in [0.717, 1.165) is 25.7 Å². The maximum atomic E-state index is 10.1. The fourth-order valence-electron chi connectivity index (χ4n) is 2.19. The lowest BCUT2D eigenvalue weighted by Gasteiger charge is -2.42. The van der Waals surface area contributed by atoms with Gasteiger partial charge in [0.2, 0.25) is 0 Å². The molecule has 13 heavy (non-hydrogen) atoms. The number of hydrogen-bond acceptors (Lipinski definition) is 2. The molecule has 0 aliphatic heterocycles. The molecule has 1 unspecified atom stereocenters. The zero-order valence-corrected chi connectivity index (χ0v) is 9.80. The Morgan fingerprint density at radius 2 is 1.62 bits per heavy atom. The van der Waals surface area contributed by atoms with Gasteiger partial charge in [0.1, 0.15) is 0 Å². The van der Waals surface area contributed by atoms with Crippen molar-refractivity contribution in [1.29, 1.82) is 0 Å². The van der Waals surface area contributed by atoms with Gasteiger partial charge < -0.3 is 10.0 Å². The van der Waals surface area contributed by atoms with E-state index in [2.05, 4.69) is 39.8 Å². The molecule has 0 bridgehead atoms. The Morgan fingerprint density at radius 3 is 1.85 bits per heavy atom. The van der Waals surface area contributed by atoms with Crippen molar-refractivity contribution in [3.63, 3.8) is 0 Å². The predicted octanol–water partition coefficient (Wildman–Crippen LogP) is 2.27. The highest BCUT2D eigenvalue weighted by atomic mass is 16.3. The van der Waals surface area contributed by atoms with Gasteiger partial charge in [-0.25, -0.2) is 0 Å². The molecular weight excluding hydrogens is 162 g/mol. The lowest BCUT2D eigenvalue weighted by Crippen LogP contribution is -2.52. The van der Waals surface area contributed by atoms with Crippen LogP contribution in [0.15, 0.2) is 0 Å². The minimum absolute atomic E-state index is 0.0178. The van der Waals surface area contributed by atoms with E-state index in [-0.39, 0.29) is 11.6 Å². The third-order valence-corrected chi connectivity index (χ3v) is 3.30. The van der Waals surface area contributed by atoms with Crippen molar-refractivity contribution in [2.45, 2.75) is 58.1 Å². The first-order chi connectivity index (χ1) is 6.05. The minimum Gasteiger partial charge on any atom is -0.391 e. The Balaban J connectivity index is 4.54. The first kappa shape index (κ1) is 12.9. The lowest BCUT2D eigenvalue weighted by atomic mass is 9.83. The predicted molar refractivity (Wildman–Crippen MR) is 57.9 cm³/mol. The summed E-state index contributed by atoms with van der Waals surface area (Å²) < 4.78 is 0. The van der Waals surface area contributed by atoms with Gasteiger partial charge in [-0.2, -0.15) is 0 Å². The van der Waals surface area contributed by atoms with Crippen molar-refractivity contribution in [1.82, 2.24) is 4.90 Å². The summed E-state index contributed by atoms with van der Waals surface area (Å²) in [4.78, 5) is 2.17. The summed E-state index contributed by atoms with van der Waals surface area (Å²) in [6.45, 7) is 6.43. The summed E-state index contributed by atoms with van der Waals surface area (Å²) in [6.07, 6.45) is 3.79. The van der Waals surface area contributed by atoms with Crippen LogP contribution in [-0.2, 0) is 0 Å². The zero-order chi connectivity index (χ0) is 10.5. The van der Waals surface area contributed by atoms with Crippen molar-refractivity contribution < 1.29 is 5.11 Å². The summed E-state index contributed by atoms with van der Waals surface area (Å²) in [5.74, 6) is 0. The maximum Gasteiger partial charge on any atom is 0.0723 e. The van der Waals surface area contributed by atoms with E-state index in [1.54, 1.807) is 0 Å². The summed E-state index contributed by atoms with van der Waals surface area (Å²) >= 11 is 0. The van der Waals surface area contributed by atoms with Crippen LogP contribution in [0, 0.1) is 0 Å². The second-order valence-corrected chi connectivity index (χ2v) is 4.01. The molecule has 0 heterocycles. The van der Waals surface area contributed by atoms with Crippen molar-refractivity contribution >= 4 is 0 Å². The molecule has 2 nitrogen and oxygen atoms in total. The summed E-state index contributed by atoms with van der Waals surface area (Å²) in [7, 11) is 4.12. The van der Waals surface area contributed by atoms with Gasteiger partial charge >= 0.3 is 0 Å². The van der Waals surface area contributed by atoms with Crippen molar-refractivity contribution in [2.75, 3.05) is 14.1 Å². The van der Waals surface area contributed by atoms with Gasteiger partial charge in [0, 0.05) is 5.54 Å². The van der Waals surface area contributed by atoms with Crippen molar-refractivity contribution in [3.05, 3.63) is 0 Å². The first-order valence-corrected chi connectivity index (χ1v) is 5.40. The van der Waals surface area contributed by atoms with E-state index in [4.69, 9.17) is 0 Å². The number of aliphatic hydroxyl groups excluding tert-OH is 1. The monoisotopic (exact) mass is 187 g/mol. The second-order valence-electron chi connectivity index (χ2n) is 4.01. The molecule has 0 aromatic rings. The van der Waals surface area contributed by atoms with Crippen LogP contribution in [-0.4, -0.2) is 35.7 Å². The molecule has 0 saturated heterocycles. The highest BCUT2D eigenvalue weighted by molar-refractivity contribution is 4.92. The van der Waals surface area contributed by atoms with Gasteiger partial charge in [0.05, 0.1) is 6.10 Å². The molecule has 0 radical (unpaired) electrons. The molecule has 0 saturated carbocycles. The minimum atomic E-state index is -0.192. The molecule has 1 atom stereocenters. The molecule has 0 fully saturated rings.